The predicted octanol–water partition coefficient (Wildman–Crippen LogP) is 2.34. The van der Waals surface area contributed by atoms with E-state index < -0.39 is 0 Å². The lowest BCUT2D eigenvalue weighted by Crippen LogP contribution is -2.34. The SMILES string of the molecule is CNc1ccc(COC2CCN(C)CC2)cc1. The molecule has 1 N–H and O–H groups in total. The molecule has 0 aromatic heterocycles. The fourth-order valence-electron chi connectivity index (χ4n) is 2.13. The minimum atomic E-state index is 0.440. The summed E-state index contributed by atoms with van der Waals surface area (Å²) in [5.41, 5.74) is 2.40. The van der Waals surface area contributed by atoms with Crippen LogP contribution in [-0.2, 0) is 11.3 Å². The van der Waals surface area contributed by atoms with Crippen LogP contribution in [-0.4, -0.2) is 38.2 Å². The molecule has 0 unspecified atom stereocenters. The molecule has 1 fully saturated rings. The van der Waals surface area contributed by atoms with Gasteiger partial charge in [-0.2, -0.15) is 0 Å². The monoisotopic (exact) mass is 234 g/mol. The number of anilines is 1. The molecule has 17 heavy (non-hydrogen) atoms. The van der Waals surface area contributed by atoms with Gasteiger partial charge in [0.1, 0.15) is 0 Å². The van der Waals surface area contributed by atoms with Gasteiger partial charge < -0.3 is 15.0 Å². The van der Waals surface area contributed by atoms with Crippen molar-refractivity contribution in [2.24, 2.45) is 0 Å². The Morgan fingerprint density at radius 1 is 1.24 bits per heavy atom. The van der Waals surface area contributed by atoms with Gasteiger partial charge in [0, 0.05) is 25.8 Å². The summed E-state index contributed by atoms with van der Waals surface area (Å²) in [5.74, 6) is 0. The highest BCUT2D eigenvalue weighted by Crippen LogP contribution is 2.15. The normalized spacial score (nSPS) is 18.2. The van der Waals surface area contributed by atoms with E-state index in [1.54, 1.807) is 0 Å². The molecule has 3 heteroatoms. The maximum atomic E-state index is 5.94. The summed E-state index contributed by atoms with van der Waals surface area (Å²) in [7, 11) is 4.11. The number of ether oxygens (including phenoxy) is 1. The van der Waals surface area contributed by atoms with Crippen LogP contribution < -0.4 is 5.32 Å². The van der Waals surface area contributed by atoms with Crippen LogP contribution in [0.2, 0.25) is 0 Å². The number of hydrogen-bond acceptors (Lipinski definition) is 3. The minimum Gasteiger partial charge on any atom is -0.388 e. The van der Waals surface area contributed by atoms with E-state index in [-0.39, 0.29) is 0 Å². The Balaban J connectivity index is 1.77. The zero-order chi connectivity index (χ0) is 12.1. The van der Waals surface area contributed by atoms with Crippen LogP contribution in [0.3, 0.4) is 0 Å². The molecule has 0 radical (unpaired) electrons. The van der Waals surface area contributed by atoms with Gasteiger partial charge in [-0.1, -0.05) is 12.1 Å². The highest BCUT2D eigenvalue weighted by Gasteiger charge is 2.16. The molecule has 1 aliphatic rings. The van der Waals surface area contributed by atoms with Crippen LogP contribution in [0, 0.1) is 0 Å². The Kier molecular flexibility index (Phi) is 4.40. The number of piperidine rings is 1. The lowest BCUT2D eigenvalue weighted by Gasteiger charge is -2.28. The summed E-state index contributed by atoms with van der Waals surface area (Å²) in [4.78, 5) is 2.36. The first kappa shape index (κ1) is 12.4. The molecule has 2 rings (SSSR count). The summed E-state index contributed by atoms with van der Waals surface area (Å²) in [5, 5.41) is 3.12. The maximum absolute atomic E-state index is 5.94. The van der Waals surface area contributed by atoms with Gasteiger partial charge in [0.2, 0.25) is 0 Å². The van der Waals surface area contributed by atoms with E-state index in [4.69, 9.17) is 4.74 Å². The number of nitrogens with one attached hydrogen (secondary N) is 1. The van der Waals surface area contributed by atoms with Gasteiger partial charge in [-0.05, 0) is 37.6 Å². The van der Waals surface area contributed by atoms with Crippen LogP contribution in [0.15, 0.2) is 24.3 Å². The van der Waals surface area contributed by atoms with Crippen molar-refractivity contribution in [2.75, 3.05) is 32.5 Å². The molecule has 1 saturated heterocycles. The smallest absolute Gasteiger partial charge is 0.0720 e. The molecule has 0 amide bonds. The van der Waals surface area contributed by atoms with Crippen molar-refractivity contribution >= 4 is 5.69 Å². The largest absolute Gasteiger partial charge is 0.388 e. The Morgan fingerprint density at radius 2 is 1.88 bits per heavy atom. The van der Waals surface area contributed by atoms with Crippen LogP contribution in [0.4, 0.5) is 5.69 Å². The second-order valence-electron chi connectivity index (χ2n) is 4.76. The van der Waals surface area contributed by atoms with Gasteiger partial charge in [-0.25, -0.2) is 0 Å². The molecule has 0 bridgehead atoms. The van der Waals surface area contributed by atoms with Crippen LogP contribution >= 0.6 is 0 Å². The molecule has 0 spiro atoms. The zero-order valence-corrected chi connectivity index (χ0v) is 10.8. The number of hydrogen-bond donors (Lipinski definition) is 1. The summed E-state index contributed by atoms with van der Waals surface area (Å²) < 4.78 is 5.94. The Bertz CT molecular complexity index is 329. The van der Waals surface area contributed by atoms with Gasteiger partial charge >= 0.3 is 0 Å². The highest BCUT2D eigenvalue weighted by molar-refractivity contribution is 5.43. The molecule has 1 aliphatic heterocycles. The van der Waals surface area contributed by atoms with E-state index in [1.807, 2.05) is 7.05 Å². The average molecular weight is 234 g/mol. The van der Waals surface area contributed by atoms with E-state index in [9.17, 15) is 0 Å². The Morgan fingerprint density at radius 3 is 2.47 bits per heavy atom. The highest BCUT2D eigenvalue weighted by atomic mass is 16.5. The van der Waals surface area contributed by atoms with Gasteiger partial charge in [-0.15, -0.1) is 0 Å². The van der Waals surface area contributed by atoms with Crippen molar-refractivity contribution in [1.29, 1.82) is 0 Å². The number of benzene rings is 1. The molecule has 1 aromatic rings. The Hall–Kier alpha value is -1.06. The molecule has 1 aromatic carbocycles. The van der Waals surface area contributed by atoms with Crippen molar-refractivity contribution in [3.63, 3.8) is 0 Å². The first-order valence-electron chi connectivity index (χ1n) is 6.35. The lowest BCUT2D eigenvalue weighted by molar-refractivity contribution is 0.00214. The fraction of sp³-hybridized carbons (Fsp3) is 0.571. The Labute approximate surface area is 104 Å². The minimum absolute atomic E-state index is 0.440. The molecular formula is C14H22N2O. The molecule has 0 saturated carbocycles. The number of rotatable bonds is 4. The third-order valence-corrected chi connectivity index (χ3v) is 3.39. The molecule has 0 aliphatic carbocycles. The fourth-order valence-corrected chi connectivity index (χ4v) is 2.13. The van der Waals surface area contributed by atoms with Crippen LogP contribution in [0.5, 0.6) is 0 Å². The maximum Gasteiger partial charge on any atom is 0.0720 e. The van der Waals surface area contributed by atoms with Gasteiger partial charge in [0.15, 0.2) is 0 Å². The van der Waals surface area contributed by atoms with Crippen molar-refractivity contribution < 1.29 is 4.74 Å². The summed E-state index contributed by atoms with van der Waals surface area (Å²) in [6.07, 6.45) is 2.76. The van der Waals surface area contributed by atoms with E-state index in [0.717, 1.165) is 38.2 Å². The van der Waals surface area contributed by atoms with E-state index in [2.05, 4.69) is 41.5 Å². The third-order valence-electron chi connectivity index (χ3n) is 3.39. The van der Waals surface area contributed by atoms with Crippen molar-refractivity contribution in [2.45, 2.75) is 25.6 Å². The van der Waals surface area contributed by atoms with E-state index >= 15 is 0 Å². The number of likely N-dealkylation sites (tertiary alicyclic amines) is 1. The lowest BCUT2D eigenvalue weighted by atomic mass is 10.1. The summed E-state index contributed by atoms with van der Waals surface area (Å²) in [6, 6.07) is 8.43. The van der Waals surface area contributed by atoms with Gasteiger partial charge in [0.25, 0.3) is 0 Å². The zero-order valence-electron chi connectivity index (χ0n) is 10.8. The second kappa shape index (κ2) is 6.03. The van der Waals surface area contributed by atoms with E-state index in [0.29, 0.717) is 6.10 Å². The topological polar surface area (TPSA) is 24.5 Å². The van der Waals surface area contributed by atoms with Crippen molar-refractivity contribution in [1.82, 2.24) is 4.90 Å². The average Bonchev–Trinajstić information content (AvgIpc) is 2.39. The summed E-state index contributed by atoms with van der Waals surface area (Å²) >= 11 is 0. The van der Waals surface area contributed by atoms with Crippen LogP contribution in [0.25, 0.3) is 0 Å². The first-order valence-corrected chi connectivity index (χ1v) is 6.35. The second-order valence-corrected chi connectivity index (χ2v) is 4.76. The van der Waals surface area contributed by atoms with Crippen molar-refractivity contribution in [3.05, 3.63) is 29.8 Å². The van der Waals surface area contributed by atoms with Crippen LogP contribution in [0.1, 0.15) is 18.4 Å². The molecule has 94 valence electrons. The van der Waals surface area contributed by atoms with E-state index in [1.165, 1.54) is 5.56 Å². The van der Waals surface area contributed by atoms with Crippen molar-refractivity contribution in [3.8, 4) is 0 Å². The third kappa shape index (κ3) is 3.72. The summed E-state index contributed by atoms with van der Waals surface area (Å²) in [6.45, 7) is 3.05. The quantitative estimate of drug-likeness (QED) is 0.865. The predicted molar refractivity (Wildman–Crippen MR) is 71.3 cm³/mol. The molecular weight excluding hydrogens is 212 g/mol. The molecule has 0 atom stereocenters. The standard InChI is InChI=1S/C14H22N2O/c1-15-13-5-3-12(4-6-13)11-17-14-7-9-16(2)10-8-14/h3-6,14-15H,7-11H2,1-2H3. The molecule has 1 heterocycles. The first-order chi connectivity index (χ1) is 8.28. The number of nitrogens with zero attached hydrogens (tertiary/aromatic N) is 1. The molecule has 3 nitrogen and oxygen atoms in total. The van der Waals surface area contributed by atoms with Gasteiger partial charge in [-0.3, -0.25) is 0 Å². The van der Waals surface area contributed by atoms with Gasteiger partial charge in [0.05, 0.1) is 12.7 Å².